The monoisotopic (exact) mass is 419 g/mol. The maximum Gasteiger partial charge on any atom is 0.229 e. The lowest BCUT2D eigenvalue weighted by Gasteiger charge is -2.31. The largest absolute Gasteiger partial charge is 0.463 e. The Balaban J connectivity index is 1.19. The number of piperidine rings is 1. The summed E-state index contributed by atoms with van der Waals surface area (Å²) in [5, 5.41) is 12.3. The van der Waals surface area contributed by atoms with E-state index in [1.54, 1.807) is 6.26 Å². The number of hydrogen-bond donors (Lipinski definition) is 1. The van der Waals surface area contributed by atoms with Crippen LogP contribution in [0.15, 0.2) is 53.1 Å². The standard InChI is InChI=1S/C22H21N5O2S/c1-14-4-5-17-19(13-14)30-22(23-17)24-21(28)15-8-10-27(11-9-15)20-7-6-16(25-26-20)18-3-2-12-29-18/h2-7,12-13,15H,8-11H2,1H3,(H,23,24,28). The summed E-state index contributed by atoms with van der Waals surface area (Å²) < 4.78 is 6.45. The molecular weight excluding hydrogens is 398 g/mol. The molecule has 7 nitrogen and oxygen atoms in total. The molecule has 0 unspecified atom stereocenters. The van der Waals surface area contributed by atoms with E-state index >= 15 is 0 Å². The number of nitrogens with one attached hydrogen (secondary N) is 1. The number of rotatable bonds is 4. The van der Waals surface area contributed by atoms with Gasteiger partial charge in [-0.05, 0) is 61.7 Å². The first-order valence-electron chi connectivity index (χ1n) is 9.96. The molecule has 152 valence electrons. The molecular formula is C22H21N5O2S. The van der Waals surface area contributed by atoms with Crippen molar-refractivity contribution in [1.29, 1.82) is 0 Å². The Morgan fingerprint density at radius 1 is 1.17 bits per heavy atom. The summed E-state index contributed by atoms with van der Waals surface area (Å²) in [5.41, 5.74) is 2.83. The summed E-state index contributed by atoms with van der Waals surface area (Å²) in [6.45, 7) is 3.60. The second-order valence-corrected chi connectivity index (χ2v) is 8.53. The molecule has 30 heavy (non-hydrogen) atoms. The number of carbonyl (C=O) groups is 1. The third-order valence-electron chi connectivity index (χ3n) is 5.39. The molecule has 1 fully saturated rings. The molecule has 5 rings (SSSR count). The maximum absolute atomic E-state index is 12.7. The van der Waals surface area contributed by atoms with Gasteiger partial charge in [-0.3, -0.25) is 4.79 Å². The molecule has 0 spiro atoms. The molecule has 0 saturated carbocycles. The van der Waals surface area contributed by atoms with E-state index in [0.29, 0.717) is 16.6 Å². The molecule has 8 heteroatoms. The number of fused-ring (bicyclic) bond motifs is 1. The van der Waals surface area contributed by atoms with E-state index in [0.717, 1.165) is 42.0 Å². The second-order valence-electron chi connectivity index (χ2n) is 7.49. The topological polar surface area (TPSA) is 84.2 Å². The molecule has 0 aliphatic carbocycles. The first-order chi connectivity index (χ1) is 14.7. The molecule has 0 radical (unpaired) electrons. The van der Waals surface area contributed by atoms with Crippen molar-refractivity contribution in [2.24, 2.45) is 5.92 Å². The number of furan rings is 1. The van der Waals surface area contributed by atoms with Gasteiger partial charge in [-0.15, -0.1) is 10.2 Å². The van der Waals surface area contributed by atoms with Crippen LogP contribution in [0.1, 0.15) is 18.4 Å². The Hall–Kier alpha value is -3.26. The zero-order valence-electron chi connectivity index (χ0n) is 16.5. The number of hydrogen-bond acceptors (Lipinski definition) is 7. The minimum absolute atomic E-state index is 0.0228. The Morgan fingerprint density at radius 3 is 2.77 bits per heavy atom. The maximum atomic E-state index is 12.7. The van der Waals surface area contributed by atoms with Gasteiger partial charge in [-0.2, -0.15) is 0 Å². The highest BCUT2D eigenvalue weighted by Crippen LogP contribution is 2.29. The van der Waals surface area contributed by atoms with Crippen molar-refractivity contribution >= 4 is 38.4 Å². The molecule has 1 N–H and O–H groups in total. The van der Waals surface area contributed by atoms with E-state index < -0.39 is 0 Å². The number of aromatic nitrogens is 3. The van der Waals surface area contributed by atoms with Crippen molar-refractivity contribution in [3.63, 3.8) is 0 Å². The van der Waals surface area contributed by atoms with Gasteiger partial charge in [-0.1, -0.05) is 17.4 Å². The van der Waals surface area contributed by atoms with Crippen molar-refractivity contribution in [1.82, 2.24) is 15.2 Å². The zero-order valence-corrected chi connectivity index (χ0v) is 17.4. The fourth-order valence-corrected chi connectivity index (χ4v) is 4.68. The first-order valence-corrected chi connectivity index (χ1v) is 10.8. The smallest absolute Gasteiger partial charge is 0.229 e. The normalized spacial score (nSPS) is 14.9. The van der Waals surface area contributed by atoms with Gasteiger partial charge in [0.15, 0.2) is 16.7 Å². The molecule has 0 atom stereocenters. The number of nitrogens with zero attached hydrogens (tertiary/aromatic N) is 4. The van der Waals surface area contributed by atoms with Crippen LogP contribution in [0, 0.1) is 12.8 Å². The number of benzene rings is 1. The average molecular weight is 420 g/mol. The van der Waals surface area contributed by atoms with E-state index in [4.69, 9.17) is 4.42 Å². The van der Waals surface area contributed by atoms with E-state index in [9.17, 15) is 4.79 Å². The summed E-state index contributed by atoms with van der Waals surface area (Å²) in [7, 11) is 0. The molecule has 4 aromatic rings. The molecule has 1 aliphatic rings. The fraction of sp³-hybridized carbons (Fsp3) is 0.273. The van der Waals surface area contributed by atoms with Gasteiger partial charge in [0.05, 0.1) is 16.5 Å². The van der Waals surface area contributed by atoms with Gasteiger partial charge in [0.25, 0.3) is 0 Å². The van der Waals surface area contributed by atoms with E-state index in [1.165, 1.54) is 16.9 Å². The summed E-state index contributed by atoms with van der Waals surface area (Å²) >= 11 is 1.52. The molecule has 3 aromatic heterocycles. The Labute approximate surface area is 177 Å². The number of anilines is 2. The van der Waals surface area contributed by atoms with Gasteiger partial charge in [0.2, 0.25) is 5.91 Å². The Morgan fingerprint density at radius 2 is 2.03 bits per heavy atom. The van der Waals surface area contributed by atoms with E-state index in [2.05, 4.69) is 38.4 Å². The summed E-state index contributed by atoms with van der Waals surface area (Å²) in [6.07, 6.45) is 3.17. The number of amides is 1. The highest BCUT2D eigenvalue weighted by atomic mass is 32.1. The SMILES string of the molecule is Cc1ccc2nc(NC(=O)C3CCN(c4ccc(-c5ccco5)nn4)CC3)sc2c1. The van der Waals surface area contributed by atoms with Crippen LogP contribution in [0.3, 0.4) is 0 Å². The number of aryl methyl sites for hydroxylation is 1. The van der Waals surface area contributed by atoms with E-state index in [-0.39, 0.29) is 11.8 Å². The minimum atomic E-state index is -0.0228. The highest BCUT2D eigenvalue weighted by Gasteiger charge is 2.26. The van der Waals surface area contributed by atoms with Crippen molar-refractivity contribution < 1.29 is 9.21 Å². The predicted molar refractivity (Wildman–Crippen MR) is 118 cm³/mol. The van der Waals surface area contributed by atoms with Crippen LogP contribution in [0.4, 0.5) is 10.9 Å². The van der Waals surface area contributed by atoms with E-state index in [1.807, 2.05) is 36.4 Å². The summed E-state index contributed by atoms with van der Waals surface area (Å²) in [5.74, 6) is 1.55. The van der Waals surface area contributed by atoms with Crippen LogP contribution >= 0.6 is 11.3 Å². The average Bonchev–Trinajstić information content (AvgIpc) is 3.43. The molecule has 0 bridgehead atoms. The van der Waals surface area contributed by atoms with Gasteiger partial charge >= 0.3 is 0 Å². The fourth-order valence-electron chi connectivity index (χ4n) is 3.71. The summed E-state index contributed by atoms with van der Waals surface area (Å²) in [4.78, 5) is 19.4. The first kappa shape index (κ1) is 18.7. The third-order valence-corrected chi connectivity index (χ3v) is 6.32. The van der Waals surface area contributed by atoms with Crippen molar-refractivity contribution in [3.05, 3.63) is 54.3 Å². The molecule has 1 aromatic carbocycles. The predicted octanol–water partition coefficient (Wildman–Crippen LogP) is 4.51. The lowest BCUT2D eigenvalue weighted by atomic mass is 9.96. The molecule has 4 heterocycles. The van der Waals surface area contributed by atoms with Gasteiger partial charge in [-0.25, -0.2) is 4.98 Å². The van der Waals surface area contributed by atoms with Crippen LogP contribution in [0.2, 0.25) is 0 Å². The van der Waals surface area contributed by atoms with Crippen molar-refractivity contribution in [2.45, 2.75) is 19.8 Å². The van der Waals surface area contributed by atoms with Crippen LogP contribution in [-0.2, 0) is 4.79 Å². The van der Waals surface area contributed by atoms with Crippen LogP contribution < -0.4 is 10.2 Å². The molecule has 1 aliphatic heterocycles. The number of thiazole rings is 1. The van der Waals surface area contributed by atoms with Crippen LogP contribution in [-0.4, -0.2) is 34.2 Å². The third kappa shape index (κ3) is 3.78. The van der Waals surface area contributed by atoms with Gasteiger partial charge < -0.3 is 14.6 Å². The lowest BCUT2D eigenvalue weighted by Crippen LogP contribution is -2.38. The lowest BCUT2D eigenvalue weighted by molar-refractivity contribution is -0.120. The minimum Gasteiger partial charge on any atom is -0.463 e. The molecule has 1 amide bonds. The van der Waals surface area contributed by atoms with Crippen molar-refractivity contribution in [2.75, 3.05) is 23.3 Å². The van der Waals surface area contributed by atoms with Crippen LogP contribution in [0.5, 0.6) is 0 Å². The highest BCUT2D eigenvalue weighted by molar-refractivity contribution is 7.22. The Bertz CT molecular complexity index is 1160. The van der Waals surface area contributed by atoms with Crippen molar-refractivity contribution in [3.8, 4) is 11.5 Å². The van der Waals surface area contributed by atoms with Crippen LogP contribution in [0.25, 0.3) is 21.7 Å². The van der Waals surface area contributed by atoms with Gasteiger partial charge in [0.1, 0.15) is 5.69 Å². The zero-order chi connectivity index (χ0) is 20.5. The quantitative estimate of drug-likeness (QED) is 0.524. The van der Waals surface area contributed by atoms with Gasteiger partial charge in [0, 0.05) is 19.0 Å². The summed E-state index contributed by atoms with van der Waals surface area (Å²) in [6, 6.07) is 13.7. The Kier molecular flexibility index (Phi) is 4.92. The molecule has 1 saturated heterocycles. The number of carbonyl (C=O) groups excluding carboxylic acids is 1. The second kappa shape index (κ2) is 7.87.